The molecule has 1 aliphatic carbocycles. The molecule has 0 spiro atoms. The first kappa shape index (κ1) is 14.3. The van der Waals surface area contributed by atoms with E-state index in [1.807, 2.05) is 18.2 Å². The van der Waals surface area contributed by atoms with E-state index in [1.165, 1.54) is 5.56 Å². The number of ketones is 1. The minimum atomic E-state index is -0.909. The number of Topliss-reactive ketones (excluding diaryl/α,β-unsaturated/α-hetero) is 1. The number of nitrogens with zero attached hydrogens (tertiary/aromatic N) is 1. The van der Waals surface area contributed by atoms with Gasteiger partial charge in [-0.25, -0.2) is 0 Å². The van der Waals surface area contributed by atoms with Crippen LogP contribution >= 0.6 is 0 Å². The third-order valence-corrected chi connectivity index (χ3v) is 4.65. The Labute approximate surface area is 125 Å². The van der Waals surface area contributed by atoms with E-state index in [4.69, 9.17) is 4.74 Å². The summed E-state index contributed by atoms with van der Waals surface area (Å²) in [6, 6.07) is 10.2. The predicted octanol–water partition coefficient (Wildman–Crippen LogP) is 2.03. The Morgan fingerprint density at radius 1 is 1.38 bits per heavy atom. The van der Waals surface area contributed by atoms with Gasteiger partial charge in [-0.15, -0.1) is 0 Å². The van der Waals surface area contributed by atoms with Crippen LogP contribution in [0.1, 0.15) is 25.3 Å². The van der Waals surface area contributed by atoms with Gasteiger partial charge >= 0.3 is 5.97 Å². The summed E-state index contributed by atoms with van der Waals surface area (Å²) >= 11 is 0. The summed E-state index contributed by atoms with van der Waals surface area (Å²) in [5.41, 5.74) is 0.304. The minimum Gasteiger partial charge on any atom is -0.465 e. The lowest BCUT2D eigenvalue weighted by Crippen LogP contribution is -2.53. The van der Waals surface area contributed by atoms with E-state index < -0.39 is 5.41 Å². The molecule has 0 unspecified atom stereocenters. The van der Waals surface area contributed by atoms with Crippen molar-refractivity contribution in [2.24, 2.45) is 11.3 Å². The number of hydrogen-bond donors (Lipinski definition) is 0. The van der Waals surface area contributed by atoms with Crippen molar-refractivity contribution in [3.63, 3.8) is 0 Å². The van der Waals surface area contributed by atoms with Crippen molar-refractivity contribution in [2.75, 3.05) is 19.7 Å². The molecular weight excluding hydrogens is 266 g/mol. The van der Waals surface area contributed by atoms with Crippen molar-refractivity contribution < 1.29 is 14.3 Å². The van der Waals surface area contributed by atoms with Crippen LogP contribution in [-0.4, -0.2) is 36.3 Å². The Balaban J connectivity index is 1.78. The van der Waals surface area contributed by atoms with Crippen LogP contribution in [0.3, 0.4) is 0 Å². The largest absolute Gasteiger partial charge is 0.465 e. The van der Waals surface area contributed by atoms with Crippen LogP contribution < -0.4 is 0 Å². The molecule has 3 rings (SSSR count). The zero-order chi connectivity index (χ0) is 14.9. The van der Waals surface area contributed by atoms with E-state index in [1.54, 1.807) is 6.92 Å². The SMILES string of the molecule is CCOC(=O)[C@@]12CC[C@H](CN(Cc3ccccc3)C1)C2=O. The standard InChI is InChI=1S/C17H21NO3/c1-2-21-16(20)17-9-8-14(15(17)19)11-18(12-17)10-13-6-4-3-5-7-13/h3-7,14H,2,8-12H2,1H3/t14-,17+/m1/s1. The van der Waals surface area contributed by atoms with Crippen LogP contribution in [0.25, 0.3) is 0 Å². The molecule has 1 heterocycles. The van der Waals surface area contributed by atoms with E-state index in [0.717, 1.165) is 19.5 Å². The van der Waals surface area contributed by atoms with Gasteiger partial charge in [0.2, 0.25) is 0 Å². The number of ether oxygens (including phenoxy) is 1. The zero-order valence-corrected chi connectivity index (χ0v) is 12.4. The van der Waals surface area contributed by atoms with Crippen LogP contribution in [0.5, 0.6) is 0 Å². The molecule has 2 aliphatic rings. The lowest BCUT2D eigenvalue weighted by molar-refractivity contribution is -0.163. The Morgan fingerprint density at radius 2 is 2.14 bits per heavy atom. The lowest BCUT2D eigenvalue weighted by atomic mass is 9.80. The highest BCUT2D eigenvalue weighted by Gasteiger charge is 2.58. The normalized spacial score (nSPS) is 28.6. The fourth-order valence-corrected chi connectivity index (χ4v) is 3.65. The molecule has 4 heteroatoms. The van der Waals surface area contributed by atoms with Crippen molar-refractivity contribution >= 4 is 11.8 Å². The van der Waals surface area contributed by atoms with Crippen LogP contribution in [0, 0.1) is 11.3 Å². The highest BCUT2D eigenvalue weighted by molar-refractivity contribution is 6.07. The second-order valence-corrected chi connectivity index (χ2v) is 6.06. The molecule has 0 aromatic heterocycles. The number of carbonyl (C=O) groups excluding carboxylic acids is 2. The fourth-order valence-electron chi connectivity index (χ4n) is 3.65. The first-order valence-corrected chi connectivity index (χ1v) is 7.63. The van der Waals surface area contributed by atoms with Gasteiger partial charge in [-0.3, -0.25) is 14.5 Å². The maximum absolute atomic E-state index is 12.5. The van der Waals surface area contributed by atoms with Gasteiger partial charge in [-0.1, -0.05) is 30.3 Å². The van der Waals surface area contributed by atoms with Crippen LogP contribution in [0.15, 0.2) is 30.3 Å². The number of fused-ring (bicyclic) bond motifs is 2. The van der Waals surface area contributed by atoms with Gasteiger partial charge < -0.3 is 4.74 Å². The molecule has 1 aliphatic heterocycles. The van der Waals surface area contributed by atoms with Crippen LogP contribution in [-0.2, 0) is 20.9 Å². The number of rotatable bonds is 4. The van der Waals surface area contributed by atoms with Gasteiger partial charge in [0.25, 0.3) is 0 Å². The second-order valence-electron chi connectivity index (χ2n) is 6.06. The van der Waals surface area contributed by atoms with Crippen molar-refractivity contribution in [2.45, 2.75) is 26.3 Å². The molecule has 2 atom stereocenters. The Hall–Kier alpha value is -1.68. The molecule has 2 fully saturated rings. The highest BCUT2D eigenvalue weighted by Crippen LogP contribution is 2.44. The van der Waals surface area contributed by atoms with E-state index in [9.17, 15) is 9.59 Å². The molecule has 0 amide bonds. The van der Waals surface area contributed by atoms with Crippen molar-refractivity contribution in [1.29, 1.82) is 0 Å². The predicted molar refractivity (Wildman–Crippen MR) is 78.5 cm³/mol. The summed E-state index contributed by atoms with van der Waals surface area (Å²) in [4.78, 5) is 27.0. The van der Waals surface area contributed by atoms with E-state index in [2.05, 4.69) is 17.0 Å². The van der Waals surface area contributed by atoms with Gasteiger partial charge in [-0.05, 0) is 25.3 Å². The number of carbonyl (C=O) groups is 2. The molecule has 1 aromatic rings. The third-order valence-electron chi connectivity index (χ3n) is 4.65. The number of piperidine rings is 1. The summed E-state index contributed by atoms with van der Waals surface area (Å²) in [6.45, 7) is 4.16. The average Bonchev–Trinajstić information content (AvgIpc) is 2.69. The number of hydrogen-bond acceptors (Lipinski definition) is 4. The van der Waals surface area contributed by atoms with Crippen molar-refractivity contribution in [3.05, 3.63) is 35.9 Å². The van der Waals surface area contributed by atoms with Crippen molar-refractivity contribution in [1.82, 2.24) is 4.90 Å². The summed E-state index contributed by atoms with van der Waals surface area (Å²) in [5, 5.41) is 0. The summed E-state index contributed by atoms with van der Waals surface area (Å²) < 4.78 is 5.18. The molecule has 2 bridgehead atoms. The maximum atomic E-state index is 12.5. The zero-order valence-electron chi connectivity index (χ0n) is 12.4. The molecule has 1 aromatic carbocycles. The molecule has 0 N–H and O–H groups in total. The summed E-state index contributed by atoms with van der Waals surface area (Å²) in [5.74, 6) is -0.229. The quantitative estimate of drug-likeness (QED) is 0.628. The van der Waals surface area contributed by atoms with E-state index in [-0.39, 0.29) is 17.7 Å². The lowest BCUT2D eigenvalue weighted by Gasteiger charge is -2.37. The Morgan fingerprint density at radius 3 is 2.86 bits per heavy atom. The maximum Gasteiger partial charge on any atom is 0.320 e. The summed E-state index contributed by atoms with van der Waals surface area (Å²) in [7, 11) is 0. The molecule has 1 saturated heterocycles. The Kier molecular flexibility index (Phi) is 3.81. The van der Waals surface area contributed by atoms with Gasteiger partial charge in [0.05, 0.1) is 6.61 Å². The van der Waals surface area contributed by atoms with Gasteiger partial charge in [0.1, 0.15) is 5.41 Å². The highest BCUT2D eigenvalue weighted by atomic mass is 16.5. The third kappa shape index (κ3) is 2.48. The fraction of sp³-hybridized carbons (Fsp3) is 0.529. The van der Waals surface area contributed by atoms with E-state index in [0.29, 0.717) is 19.6 Å². The van der Waals surface area contributed by atoms with Crippen LogP contribution in [0.4, 0.5) is 0 Å². The smallest absolute Gasteiger partial charge is 0.320 e. The molecule has 0 radical (unpaired) electrons. The second kappa shape index (κ2) is 5.60. The first-order valence-electron chi connectivity index (χ1n) is 7.63. The molecule has 4 nitrogen and oxygen atoms in total. The van der Waals surface area contributed by atoms with Crippen molar-refractivity contribution in [3.8, 4) is 0 Å². The topological polar surface area (TPSA) is 46.6 Å². The van der Waals surface area contributed by atoms with E-state index >= 15 is 0 Å². The number of likely N-dealkylation sites (tertiary alicyclic amines) is 1. The molecular formula is C17H21NO3. The Bertz CT molecular complexity index is 542. The van der Waals surface area contributed by atoms with Gasteiger partial charge in [0.15, 0.2) is 5.78 Å². The monoisotopic (exact) mass is 287 g/mol. The molecule has 112 valence electrons. The average molecular weight is 287 g/mol. The van der Waals surface area contributed by atoms with Crippen LogP contribution in [0.2, 0.25) is 0 Å². The number of esters is 1. The first-order chi connectivity index (χ1) is 10.2. The molecule has 21 heavy (non-hydrogen) atoms. The van der Waals surface area contributed by atoms with Gasteiger partial charge in [0, 0.05) is 25.6 Å². The minimum absolute atomic E-state index is 0.00753. The number of benzene rings is 1. The molecule has 1 saturated carbocycles. The van der Waals surface area contributed by atoms with Gasteiger partial charge in [-0.2, -0.15) is 0 Å². The summed E-state index contributed by atoms with van der Waals surface area (Å²) in [6.07, 6.45) is 1.45.